The zero-order valence-electron chi connectivity index (χ0n) is 5.17. The van der Waals surface area contributed by atoms with Crippen LogP contribution in [0.2, 0.25) is 0 Å². The number of rotatable bonds is 3. The van der Waals surface area contributed by atoms with Crippen LogP contribution in [0.15, 0.2) is 0 Å². The van der Waals surface area contributed by atoms with Gasteiger partial charge in [0.15, 0.2) is 0 Å². The van der Waals surface area contributed by atoms with Gasteiger partial charge in [0.1, 0.15) is 0 Å². The normalized spacial score (nSPS) is 18.0. The Hall–Kier alpha value is -0.0800. The molecule has 2 N–H and O–H groups in total. The third-order valence-corrected chi connectivity index (χ3v) is 0.946. The number of aliphatic hydroxyl groups is 2. The van der Waals surface area contributed by atoms with Crippen LogP contribution < -0.4 is 0 Å². The van der Waals surface area contributed by atoms with Gasteiger partial charge in [0.2, 0.25) is 0 Å². The van der Waals surface area contributed by atoms with E-state index < -0.39 is 12.2 Å². The lowest BCUT2D eigenvalue weighted by molar-refractivity contribution is 0.0920. The molecule has 2 heteroatoms. The first-order valence-electron chi connectivity index (χ1n) is 2.82. The molecule has 8 heavy (non-hydrogen) atoms. The molecule has 0 amide bonds. The second-order valence-electron chi connectivity index (χ2n) is 2.03. The average Bonchev–Trinajstić information content (AvgIpc) is 1.65. The molecular formula is C6H13O2. The lowest BCUT2D eigenvalue weighted by atomic mass is 10.1. The first kappa shape index (κ1) is 7.92. The van der Waals surface area contributed by atoms with Crippen LogP contribution in [-0.2, 0) is 0 Å². The van der Waals surface area contributed by atoms with Crippen molar-refractivity contribution < 1.29 is 10.2 Å². The predicted octanol–water partition coefficient (Wildman–Crippen LogP) is 0.342. The van der Waals surface area contributed by atoms with Crippen LogP contribution in [0.5, 0.6) is 0 Å². The van der Waals surface area contributed by atoms with Gasteiger partial charge in [-0.15, -0.1) is 0 Å². The van der Waals surface area contributed by atoms with E-state index in [2.05, 4.69) is 6.92 Å². The molecular weight excluding hydrogens is 104 g/mol. The Bertz CT molecular complexity index is 52.5. The minimum atomic E-state index is -0.435. The Morgan fingerprint density at radius 2 is 2.00 bits per heavy atom. The highest BCUT2D eigenvalue weighted by molar-refractivity contribution is 4.59. The summed E-state index contributed by atoms with van der Waals surface area (Å²) in [5, 5.41) is 17.5. The lowest BCUT2D eigenvalue weighted by Gasteiger charge is -2.07. The highest BCUT2D eigenvalue weighted by Crippen LogP contribution is 1.99. The third-order valence-electron chi connectivity index (χ3n) is 0.946. The monoisotopic (exact) mass is 117 g/mol. The SMILES string of the molecule is [CH2]CC(O)CC(C)O. The van der Waals surface area contributed by atoms with E-state index in [-0.39, 0.29) is 0 Å². The molecule has 0 aromatic rings. The first-order valence-corrected chi connectivity index (χ1v) is 2.82. The van der Waals surface area contributed by atoms with Gasteiger partial charge in [0, 0.05) is 0 Å². The molecule has 2 atom stereocenters. The maximum absolute atomic E-state index is 8.81. The molecule has 49 valence electrons. The highest BCUT2D eigenvalue weighted by atomic mass is 16.3. The number of aliphatic hydroxyl groups excluding tert-OH is 2. The molecule has 2 unspecified atom stereocenters. The molecule has 0 spiro atoms. The van der Waals surface area contributed by atoms with Gasteiger partial charge >= 0.3 is 0 Å². The van der Waals surface area contributed by atoms with E-state index in [0.29, 0.717) is 12.8 Å². The van der Waals surface area contributed by atoms with Crippen molar-refractivity contribution in [2.45, 2.75) is 32.0 Å². The number of hydrogen-bond acceptors (Lipinski definition) is 2. The van der Waals surface area contributed by atoms with Crippen LogP contribution in [-0.4, -0.2) is 22.4 Å². The molecule has 0 aliphatic rings. The first-order chi connectivity index (χ1) is 3.66. The van der Waals surface area contributed by atoms with E-state index in [0.717, 1.165) is 0 Å². The maximum atomic E-state index is 8.81. The van der Waals surface area contributed by atoms with Gasteiger partial charge in [-0.25, -0.2) is 0 Å². The van der Waals surface area contributed by atoms with Gasteiger partial charge in [-0.3, -0.25) is 0 Å². The summed E-state index contributed by atoms with van der Waals surface area (Å²) in [4.78, 5) is 0. The summed E-state index contributed by atoms with van der Waals surface area (Å²) in [6, 6.07) is 0. The van der Waals surface area contributed by atoms with E-state index in [4.69, 9.17) is 10.2 Å². The van der Waals surface area contributed by atoms with E-state index in [1.54, 1.807) is 6.92 Å². The van der Waals surface area contributed by atoms with Crippen LogP contribution in [0.3, 0.4) is 0 Å². The second kappa shape index (κ2) is 3.87. The van der Waals surface area contributed by atoms with Crippen LogP contribution in [0.25, 0.3) is 0 Å². The molecule has 0 rings (SSSR count). The fourth-order valence-electron chi connectivity index (χ4n) is 0.512. The van der Waals surface area contributed by atoms with Gasteiger partial charge in [-0.05, 0) is 19.8 Å². The Morgan fingerprint density at radius 3 is 2.12 bits per heavy atom. The van der Waals surface area contributed by atoms with Crippen LogP contribution in [0, 0.1) is 6.92 Å². The van der Waals surface area contributed by atoms with Crippen molar-refractivity contribution in [3.63, 3.8) is 0 Å². The molecule has 0 saturated heterocycles. The smallest absolute Gasteiger partial charge is 0.0564 e. The largest absolute Gasteiger partial charge is 0.393 e. The standard InChI is InChI=1S/C6H13O2/c1-3-6(8)4-5(2)7/h5-8H,1,3-4H2,2H3. The van der Waals surface area contributed by atoms with Crippen molar-refractivity contribution in [2.75, 3.05) is 0 Å². The Kier molecular flexibility index (Phi) is 3.83. The molecule has 0 aliphatic carbocycles. The van der Waals surface area contributed by atoms with E-state index in [1.807, 2.05) is 0 Å². The fraction of sp³-hybridized carbons (Fsp3) is 0.833. The van der Waals surface area contributed by atoms with Crippen molar-refractivity contribution in [3.8, 4) is 0 Å². The summed E-state index contributed by atoms with van der Waals surface area (Å²) in [7, 11) is 0. The molecule has 0 fully saturated rings. The van der Waals surface area contributed by atoms with Crippen molar-refractivity contribution in [3.05, 3.63) is 6.92 Å². The molecule has 1 radical (unpaired) electrons. The molecule has 0 aromatic heterocycles. The van der Waals surface area contributed by atoms with Gasteiger partial charge < -0.3 is 10.2 Å². The van der Waals surface area contributed by atoms with E-state index >= 15 is 0 Å². The quantitative estimate of drug-likeness (QED) is 0.559. The Balaban J connectivity index is 3.10. The van der Waals surface area contributed by atoms with Gasteiger partial charge in [0.05, 0.1) is 12.2 Å². The Morgan fingerprint density at radius 1 is 1.50 bits per heavy atom. The fourth-order valence-corrected chi connectivity index (χ4v) is 0.512. The summed E-state index contributed by atoms with van der Waals surface area (Å²) in [5.41, 5.74) is 0. The highest BCUT2D eigenvalue weighted by Gasteiger charge is 2.03. The van der Waals surface area contributed by atoms with Crippen LogP contribution in [0.4, 0.5) is 0 Å². The minimum absolute atomic E-state index is 0.410. The van der Waals surface area contributed by atoms with Crippen molar-refractivity contribution in [1.82, 2.24) is 0 Å². The summed E-state index contributed by atoms with van der Waals surface area (Å²) in [6.07, 6.45) is 0.0655. The zero-order chi connectivity index (χ0) is 6.57. The predicted molar refractivity (Wildman–Crippen MR) is 32.3 cm³/mol. The van der Waals surface area contributed by atoms with Gasteiger partial charge in [0.25, 0.3) is 0 Å². The molecule has 0 saturated carbocycles. The maximum Gasteiger partial charge on any atom is 0.0564 e. The molecule has 0 aliphatic heterocycles. The van der Waals surface area contributed by atoms with E-state index in [1.165, 1.54) is 0 Å². The topological polar surface area (TPSA) is 40.5 Å². The summed E-state index contributed by atoms with van der Waals surface area (Å²) >= 11 is 0. The zero-order valence-corrected chi connectivity index (χ0v) is 5.17. The van der Waals surface area contributed by atoms with Crippen molar-refractivity contribution in [2.24, 2.45) is 0 Å². The van der Waals surface area contributed by atoms with Gasteiger partial charge in [-0.1, -0.05) is 6.92 Å². The minimum Gasteiger partial charge on any atom is -0.393 e. The van der Waals surface area contributed by atoms with Crippen LogP contribution >= 0.6 is 0 Å². The van der Waals surface area contributed by atoms with Crippen molar-refractivity contribution >= 4 is 0 Å². The summed E-state index contributed by atoms with van der Waals surface area (Å²) < 4.78 is 0. The Labute approximate surface area is 50.2 Å². The van der Waals surface area contributed by atoms with Gasteiger partial charge in [-0.2, -0.15) is 0 Å². The molecule has 0 bridgehead atoms. The summed E-state index contributed by atoms with van der Waals surface area (Å²) in [5.74, 6) is 0. The number of hydrogen-bond donors (Lipinski definition) is 2. The molecule has 2 nitrogen and oxygen atoms in total. The lowest BCUT2D eigenvalue weighted by Crippen LogP contribution is -2.13. The van der Waals surface area contributed by atoms with Crippen LogP contribution in [0.1, 0.15) is 19.8 Å². The third kappa shape index (κ3) is 4.09. The molecule has 0 heterocycles. The van der Waals surface area contributed by atoms with E-state index in [9.17, 15) is 0 Å². The second-order valence-corrected chi connectivity index (χ2v) is 2.03. The average molecular weight is 117 g/mol. The summed E-state index contributed by atoms with van der Waals surface area (Å²) in [6.45, 7) is 5.13. The van der Waals surface area contributed by atoms with Crippen molar-refractivity contribution in [1.29, 1.82) is 0 Å². The molecule has 0 aromatic carbocycles.